The zero-order chi connectivity index (χ0) is 22.2. The Morgan fingerprint density at radius 1 is 1.00 bits per heavy atom. The number of carbonyl (C=O) groups is 3. The van der Waals surface area contributed by atoms with E-state index in [1.54, 1.807) is 52.4 Å². The van der Waals surface area contributed by atoms with Gasteiger partial charge in [0, 0.05) is 30.3 Å². The first-order chi connectivity index (χ1) is 15.6. The van der Waals surface area contributed by atoms with Crippen molar-refractivity contribution in [3.63, 3.8) is 0 Å². The number of para-hydroxylation sites is 1. The van der Waals surface area contributed by atoms with Crippen molar-refractivity contribution < 1.29 is 19.1 Å². The summed E-state index contributed by atoms with van der Waals surface area (Å²) in [4.78, 5) is 46.5. The first-order valence-corrected chi connectivity index (χ1v) is 10.2. The number of pyridine rings is 1. The van der Waals surface area contributed by atoms with E-state index in [4.69, 9.17) is 4.74 Å². The highest BCUT2D eigenvalue weighted by atomic mass is 16.5. The summed E-state index contributed by atoms with van der Waals surface area (Å²) in [5.41, 5.74) is 2.81. The van der Waals surface area contributed by atoms with Gasteiger partial charge in [-0.1, -0.05) is 30.3 Å². The molecule has 3 amide bonds. The summed E-state index contributed by atoms with van der Waals surface area (Å²) in [7, 11) is 1.48. The van der Waals surface area contributed by atoms with Crippen LogP contribution in [0, 0.1) is 0 Å². The van der Waals surface area contributed by atoms with Crippen molar-refractivity contribution in [2.75, 3.05) is 23.9 Å². The molecule has 3 heterocycles. The van der Waals surface area contributed by atoms with E-state index >= 15 is 0 Å². The van der Waals surface area contributed by atoms with Gasteiger partial charge in [0.05, 0.1) is 18.4 Å². The van der Waals surface area contributed by atoms with Crippen LogP contribution in [0.25, 0.3) is 0 Å². The van der Waals surface area contributed by atoms with Gasteiger partial charge >= 0.3 is 0 Å². The molecule has 160 valence electrons. The van der Waals surface area contributed by atoms with E-state index in [1.807, 2.05) is 24.3 Å². The van der Waals surface area contributed by atoms with Crippen LogP contribution >= 0.6 is 0 Å². The van der Waals surface area contributed by atoms with Crippen LogP contribution in [0.4, 0.5) is 11.4 Å². The zero-order valence-corrected chi connectivity index (χ0v) is 17.3. The molecule has 8 nitrogen and oxygen atoms in total. The van der Waals surface area contributed by atoms with Gasteiger partial charge in [0.1, 0.15) is 11.9 Å². The third kappa shape index (κ3) is 3.08. The van der Waals surface area contributed by atoms with E-state index in [0.29, 0.717) is 28.4 Å². The molecule has 8 heteroatoms. The highest BCUT2D eigenvalue weighted by Gasteiger charge is 2.47. The predicted octanol–water partition coefficient (Wildman–Crippen LogP) is 3.23. The fraction of sp³-hybridized carbons (Fsp3) is 0.167. The van der Waals surface area contributed by atoms with Crippen molar-refractivity contribution in [3.05, 3.63) is 83.6 Å². The molecule has 1 N–H and O–H groups in total. The minimum absolute atomic E-state index is 0.0483. The van der Waals surface area contributed by atoms with Gasteiger partial charge in [-0.3, -0.25) is 19.3 Å². The van der Waals surface area contributed by atoms with Crippen LogP contribution in [-0.4, -0.2) is 41.3 Å². The summed E-state index contributed by atoms with van der Waals surface area (Å²) in [5, 5.41) is 2.78. The molecule has 0 saturated carbocycles. The smallest absolute Gasteiger partial charge is 0.260 e. The van der Waals surface area contributed by atoms with E-state index in [9.17, 15) is 14.4 Å². The maximum Gasteiger partial charge on any atom is 0.260 e. The topological polar surface area (TPSA) is 91.8 Å². The number of methoxy groups -OCH3 is 1. The lowest BCUT2D eigenvalue weighted by atomic mass is 10.0. The van der Waals surface area contributed by atoms with Crippen molar-refractivity contribution in [3.8, 4) is 5.88 Å². The molecule has 0 radical (unpaired) electrons. The van der Waals surface area contributed by atoms with Crippen LogP contribution in [0.3, 0.4) is 0 Å². The van der Waals surface area contributed by atoms with Gasteiger partial charge in [-0.05, 0) is 30.3 Å². The molecule has 2 aliphatic heterocycles. The molecular weight excluding hydrogens is 408 g/mol. The summed E-state index contributed by atoms with van der Waals surface area (Å²) >= 11 is 0. The minimum atomic E-state index is -0.582. The van der Waals surface area contributed by atoms with Gasteiger partial charge in [0.25, 0.3) is 11.8 Å². The van der Waals surface area contributed by atoms with Crippen molar-refractivity contribution in [1.82, 2.24) is 9.88 Å². The van der Waals surface area contributed by atoms with E-state index in [0.717, 1.165) is 5.56 Å². The maximum atomic E-state index is 13.4. The summed E-state index contributed by atoms with van der Waals surface area (Å²) in [6.07, 6.45) is 1.04. The summed E-state index contributed by atoms with van der Waals surface area (Å²) in [5.74, 6) is -0.337. The molecule has 32 heavy (non-hydrogen) atoms. The fourth-order valence-corrected chi connectivity index (χ4v) is 4.28. The van der Waals surface area contributed by atoms with E-state index in [-0.39, 0.29) is 30.7 Å². The van der Waals surface area contributed by atoms with Crippen molar-refractivity contribution in [2.24, 2.45) is 0 Å². The SMILES string of the molecule is COc1ncccc1NC(=O)CCN1C(=O)c2ccccc2N2C(=O)c3ccccc3[C@H]12. The Morgan fingerprint density at radius 3 is 2.56 bits per heavy atom. The van der Waals surface area contributed by atoms with Crippen LogP contribution in [0.1, 0.15) is 38.9 Å². The van der Waals surface area contributed by atoms with E-state index in [1.165, 1.54) is 7.11 Å². The van der Waals surface area contributed by atoms with Crippen LogP contribution in [0.5, 0.6) is 5.88 Å². The summed E-state index contributed by atoms with van der Waals surface area (Å²) < 4.78 is 5.17. The molecule has 0 fully saturated rings. The summed E-state index contributed by atoms with van der Waals surface area (Å²) in [6, 6.07) is 17.7. The van der Waals surface area contributed by atoms with Gasteiger partial charge in [-0.2, -0.15) is 0 Å². The molecule has 0 aliphatic carbocycles. The Labute approximate surface area is 184 Å². The van der Waals surface area contributed by atoms with Crippen molar-refractivity contribution in [1.29, 1.82) is 0 Å². The monoisotopic (exact) mass is 428 g/mol. The van der Waals surface area contributed by atoms with Gasteiger partial charge in [-0.15, -0.1) is 0 Å². The number of ether oxygens (including phenoxy) is 1. The number of nitrogens with zero attached hydrogens (tertiary/aromatic N) is 3. The average Bonchev–Trinajstić information content (AvgIpc) is 3.12. The van der Waals surface area contributed by atoms with Crippen LogP contribution < -0.4 is 15.0 Å². The van der Waals surface area contributed by atoms with Gasteiger partial charge < -0.3 is 15.0 Å². The molecule has 0 bridgehead atoms. The normalized spacial score (nSPS) is 16.3. The highest BCUT2D eigenvalue weighted by Crippen LogP contribution is 2.45. The number of aromatic nitrogens is 1. The molecule has 1 aromatic heterocycles. The quantitative estimate of drug-likeness (QED) is 0.674. The Bertz CT molecular complexity index is 1240. The average molecular weight is 428 g/mol. The first-order valence-electron chi connectivity index (χ1n) is 10.2. The van der Waals surface area contributed by atoms with Crippen molar-refractivity contribution >= 4 is 29.1 Å². The number of rotatable bonds is 5. The summed E-state index contributed by atoms with van der Waals surface area (Å²) in [6.45, 7) is 0.143. The number of hydrogen-bond acceptors (Lipinski definition) is 5. The zero-order valence-electron chi connectivity index (χ0n) is 17.3. The fourth-order valence-electron chi connectivity index (χ4n) is 4.28. The third-order valence-electron chi connectivity index (χ3n) is 5.70. The lowest BCUT2D eigenvalue weighted by molar-refractivity contribution is -0.116. The molecule has 2 aliphatic rings. The van der Waals surface area contributed by atoms with Gasteiger partial charge in [0.2, 0.25) is 11.8 Å². The molecular formula is C24H20N4O4. The number of anilines is 2. The van der Waals surface area contributed by atoms with Gasteiger partial charge in [0.15, 0.2) is 0 Å². The van der Waals surface area contributed by atoms with Crippen molar-refractivity contribution in [2.45, 2.75) is 12.6 Å². The molecule has 0 spiro atoms. The van der Waals surface area contributed by atoms with Crippen LogP contribution in [0.15, 0.2) is 66.9 Å². The molecule has 5 rings (SSSR count). The predicted molar refractivity (Wildman–Crippen MR) is 118 cm³/mol. The third-order valence-corrected chi connectivity index (χ3v) is 5.70. The highest BCUT2D eigenvalue weighted by molar-refractivity contribution is 6.16. The first kappa shape index (κ1) is 19.7. The Hall–Kier alpha value is -4.20. The largest absolute Gasteiger partial charge is 0.480 e. The number of carbonyl (C=O) groups excluding carboxylic acids is 3. The second-order valence-electron chi connectivity index (χ2n) is 7.51. The number of benzene rings is 2. The second-order valence-corrected chi connectivity index (χ2v) is 7.51. The number of fused-ring (bicyclic) bond motifs is 5. The van der Waals surface area contributed by atoms with E-state index < -0.39 is 6.17 Å². The van der Waals surface area contributed by atoms with E-state index in [2.05, 4.69) is 10.3 Å². The molecule has 2 aromatic carbocycles. The Balaban J connectivity index is 1.44. The Kier molecular flexibility index (Phi) is 4.82. The number of hydrogen-bond donors (Lipinski definition) is 1. The second kappa shape index (κ2) is 7.81. The molecule has 3 aromatic rings. The van der Waals surface area contributed by atoms with Gasteiger partial charge in [-0.25, -0.2) is 4.98 Å². The molecule has 1 atom stereocenters. The molecule has 0 unspecified atom stereocenters. The lowest BCUT2D eigenvalue weighted by Gasteiger charge is -2.40. The van der Waals surface area contributed by atoms with Crippen LogP contribution in [-0.2, 0) is 4.79 Å². The number of nitrogens with one attached hydrogen (secondary N) is 1. The lowest BCUT2D eigenvalue weighted by Crippen LogP contribution is -2.49. The molecule has 0 saturated heterocycles. The minimum Gasteiger partial charge on any atom is -0.480 e. The number of amides is 3. The Morgan fingerprint density at radius 2 is 1.75 bits per heavy atom. The maximum absolute atomic E-state index is 13.4. The standard InChI is InChI=1S/C24H20N4O4/c1-32-21-18(10-6-13-25-21)26-20(29)12-14-27-22-15-7-2-3-8-16(15)24(31)28(22)19-11-5-4-9-17(19)23(27)30/h2-11,13,22H,12,14H2,1H3,(H,26,29)/t22-/m1/s1. The van der Waals surface area contributed by atoms with Crippen LogP contribution in [0.2, 0.25) is 0 Å².